The van der Waals surface area contributed by atoms with Gasteiger partial charge < -0.3 is 0 Å². The van der Waals surface area contributed by atoms with Gasteiger partial charge in [-0.05, 0) is 0 Å². The van der Waals surface area contributed by atoms with Crippen LogP contribution in [0.25, 0.3) is 6.08 Å². The Hall–Kier alpha value is -1.97. The van der Waals surface area contributed by atoms with Gasteiger partial charge in [0.05, 0.1) is 0 Å². The van der Waals surface area contributed by atoms with Gasteiger partial charge in [-0.1, -0.05) is 0 Å². The summed E-state index contributed by atoms with van der Waals surface area (Å²) in [5, 5.41) is 1.64. The van der Waals surface area contributed by atoms with E-state index < -0.39 is 20.4 Å². The summed E-state index contributed by atoms with van der Waals surface area (Å²) in [6.45, 7) is 0. The van der Waals surface area contributed by atoms with Crippen LogP contribution >= 0.6 is 23.5 Å². The maximum atomic E-state index is 12.7. The summed E-state index contributed by atoms with van der Waals surface area (Å²) < 4.78 is 2.41. The molecular formula is C24H15NO2S2Te. The summed E-state index contributed by atoms with van der Waals surface area (Å²) in [5.41, 5.74) is 2.79. The first-order valence-electron chi connectivity index (χ1n) is 9.59. The molecule has 0 saturated heterocycles. The standard InChI is InChI=1S/C24H15NO2S2Te/c26-22-15-11-12-28-24(15)23(27)16(22)13-14-9-10-21(30-14)25-17-5-1-3-7-19(17)29-20-8-4-2-6-18(20)25/h1-13,15,24H/b16-13+. The molecule has 1 saturated carbocycles. The Morgan fingerprint density at radius 3 is 2.27 bits per heavy atom. The molecule has 2 atom stereocenters. The Balaban J connectivity index is 1.41. The van der Waals surface area contributed by atoms with E-state index in [0.29, 0.717) is 5.57 Å². The predicted octanol–water partition coefficient (Wildman–Crippen LogP) is 5.46. The molecule has 2 unspecified atom stereocenters. The van der Waals surface area contributed by atoms with Crippen molar-refractivity contribution in [2.45, 2.75) is 15.0 Å². The molecule has 0 amide bonds. The van der Waals surface area contributed by atoms with E-state index in [1.165, 1.54) is 36.6 Å². The molecule has 0 bridgehead atoms. The molecule has 6 heteroatoms. The first-order valence-corrected chi connectivity index (χ1v) is 13.7. The average Bonchev–Trinajstić information content (AvgIpc) is 3.48. The molecule has 3 nitrogen and oxygen atoms in total. The number of carbonyl (C=O) groups excluding carboxylic acids is 2. The van der Waals surface area contributed by atoms with Crippen molar-refractivity contribution in [3.63, 3.8) is 0 Å². The van der Waals surface area contributed by atoms with Crippen molar-refractivity contribution >= 4 is 76.7 Å². The third-order valence-electron chi connectivity index (χ3n) is 5.48. The molecule has 1 aliphatic carbocycles. The van der Waals surface area contributed by atoms with Crippen LogP contribution in [0.2, 0.25) is 0 Å². The second-order valence-corrected chi connectivity index (χ2v) is 12.5. The van der Waals surface area contributed by atoms with Crippen molar-refractivity contribution in [3.05, 3.63) is 81.3 Å². The second-order valence-electron chi connectivity index (χ2n) is 7.25. The minimum atomic E-state index is -0.724. The number of Topliss-reactive ketones (excluding diaryl/α,β-unsaturated/α-hetero) is 2. The summed E-state index contributed by atoms with van der Waals surface area (Å²) in [6, 6.07) is 21.2. The zero-order chi connectivity index (χ0) is 20.2. The number of anilines is 3. The van der Waals surface area contributed by atoms with Crippen LogP contribution in [0.4, 0.5) is 15.1 Å². The van der Waals surface area contributed by atoms with Gasteiger partial charge >= 0.3 is 193 Å². The molecule has 30 heavy (non-hydrogen) atoms. The maximum absolute atomic E-state index is 12.7. The van der Waals surface area contributed by atoms with E-state index in [9.17, 15) is 9.59 Å². The van der Waals surface area contributed by atoms with Crippen molar-refractivity contribution in [3.8, 4) is 0 Å². The Bertz CT molecular complexity index is 1230. The molecule has 3 aliphatic rings. The van der Waals surface area contributed by atoms with Crippen LogP contribution in [0.3, 0.4) is 0 Å². The fourth-order valence-electron chi connectivity index (χ4n) is 4.07. The third-order valence-corrected chi connectivity index (χ3v) is 10.6. The van der Waals surface area contributed by atoms with Crippen LogP contribution in [0.15, 0.2) is 87.5 Å². The van der Waals surface area contributed by atoms with Crippen molar-refractivity contribution < 1.29 is 9.59 Å². The Morgan fingerprint density at radius 2 is 1.57 bits per heavy atom. The molecule has 1 aromatic heterocycles. The first kappa shape index (κ1) is 18.8. The number of fused-ring (bicyclic) bond motifs is 3. The van der Waals surface area contributed by atoms with Crippen molar-refractivity contribution in [1.82, 2.24) is 0 Å². The summed E-state index contributed by atoms with van der Waals surface area (Å²) in [6.07, 6.45) is 3.75. The van der Waals surface area contributed by atoms with Gasteiger partial charge in [0.15, 0.2) is 0 Å². The summed E-state index contributed by atoms with van der Waals surface area (Å²) in [4.78, 5) is 30.2. The van der Waals surface area contributed by atoms with Crippen molar-refractivity contribution in [2.24, 2.45) is 5.92 Å². The zero-order valence-corrected chi connectivity index (χ0v) is 19.6. The predicted molar refractivity (Wildman–Crippen MR) is 124 cm³/mol. The Kier molecular flexibility index (Phi) is 4.58. The quantitative estimate of drug-likeness (QED) is 0.192. The Labute approximate surface area is 192 Å². The minimum absolute atomic E-state index is 0.00752. The molecule has 3 heterocycles. The number of allylic oxidation sites excluding steroid dienone is 2. The van der Waals surface area contributed by atoms with Gasteiger partial charge in [0, 0.05) is 0 Å². The van der Waals surface area contributed by atoms with Crippen LogP contribution in [0, 0.1) is 5.92 Å². The van der Waals surface area contributed by atoms with E-state index >= 15 is 0 Å². The number of ketones is 2. The van der Waals surface area contributed by atoms with Crippen LogP contribution < -0.4 is 4.90 Å². The van der Waals surface area contributed by atoms with E-state index in [0.717, 1.165) is 3.58 Å². The van der Waals surface area contributed by atoms with Gasteiger partial charge in [-0.25, -0.2) is 0 Å². The third kappa shape index (κ3) is 2.90. The fourth-order valence-corrected chi connectivity index (χ4v) is 8.98. The molecule has 2 aliphatic heterocycles. The number of benzene rings is 2. The fraction of sp³-hybridized carbons (Fsp3) is 0.0833. The van der Waals surface area contributed by atoms with E-state index in [-0.39, 0.29) is 22.7 Å². The topological polar surface area (TPSA) is 37.4 Å². The first-order chi connectivity index (χ1) is 14.7. The number of hydrogen-bond donors (Lipinski definition) is 0. The SMILES string of the molecule is O=C1/C(=C\c2ccc(N3c4ccccc4Sc4ccccc43)[te]2)C(=O)C2SC=CC12. The van der Waals surface area contributed by atoms with Gasteiger partial charge in [-0.15, -0.1) is 0 Å². The average molecular weight is 541 g/mol. The molecule has 0 N–H and O–H groups in total. The monoisotopic (exact) mass is 543 g/mol. The van der Waals surface area contributed by atoms with E-state index in [1.54, 1.807) is 11.8 Å². The van der Waals surface area contributed by atoms with Crippen LogP contribution in [-0.2, 0) is 9.59 Å². The molecule has 146 valence electrons. The normalized spacial score (nSPS) is 23.1. The summed E-state index contributed by atoms with van der Waals surface area (Å²) >= 11 is 2.55. The zero-order valence-electron chi connectivity index (χ0n) is 15.6. The summed E-state index contributed by atoms with van der Waals surface area (Å²) in [5.74, 6) is -0.285. The molecule has 0 spiro atoms. The Morgan fingerprint density at radius 1 is 0.867 bits per heavy atom. The van der Waals surface area contributed by atoms with E-state index in [1.807, 2.05) is 17.6 Å². The van der Waals surface area contributed by atoms with Gasteiger partial charge in [0.2, 0.25) is 0 Å². The number of nitrogens with zero attached hydrogens (tertiary/aromatic N) is 1. The molecule has 1 fully saturated rings. The van der Waals surface area contributed by atoms with Gasteiger partial charge in [0.25, 0.3) is 0 Å². The molecular weight excluding hydrogens is 526 g/mol. The number of thioether (sulfide) groups is 1. The molecule has 6 rings (SSSR count). The second kappa shape index (κ2) is 7.32. The summed E-state index contributed by atoms with van der Waals surface area (Å²) in [7, 11) is 0. The molecule has 0 radical (unpaired) electrons. The van der Waals surface area contributed by atoms with Gasteiger partial charge in [0.1, 0.15) is 0 Å². The molecule has 3 aromatic rings. The van der Waals surface area contributed by atoms with Crippen LogP contribution in [0.5, 0.6) is 0 Å². The number of carbonyl (C=O) groups is 2. The van der Waals surface area contributed by atoms with E-state index in [4.69, 9.17) is 0 Å². The van der Waals surface area contributed by atoms with Crippen molar-refractivity contribution in [1.29, 1.82) is 0 Å². The number of para-hydroxylation sites is 2. The van der Waals surface area contributed by atoms with Crippen molar-refractivity contribution in [2.75, 3.05) is 4.90 Å². The van der Waals surface area contributed by atoms with E-state index in [2.05, 4.69) is 65.6 Å². The van der Waals surface area contributed by atoms with Crippen LogP contribution in [0.1, 0.15) is 3.58 Å². The number of hydrogen-bond acceptors (Lipinski definition) is 5. The number of rotatable bonds is 2. The molecule has 2 aromatic carbocycles. The van der Waals surface area contributed by atoms with Crippen LogP contribution in [-0.4, -0.2) is 37.2 Å². The van der Waals surface area contributed by atoms with Gasteiger partial charge in [-0.3, -0.25) is 0 Å². The van der Waals surface area contributed by atoms with Gasteiger partial charge in [-0.2, -0.15) is 0 Å².